The van der Waals surface area contributed by atoms with Crippen LogP contribution >= 0.6 is 0 Å². The molecule has 0 spiro atoms. The number of carbonyl (C=O) groups is 1. The lowest BCUT2D eigenvalue weighted by atomic mass is 9.94. The quantitative estimate of drug-likeness (QED) is 0.318. The third kappa shape index (κ3) is 4.51. The molecule has 0 fully saturated rings. The van der Waals surface area contributed by atoms with Crippen LogP contribution in [0.25, 0.3) is 16.7 Å². The second-order valence-electron chi connectivity index (χ2n) is 7.53. The second-order valence-corrected chi connectivity index (χ2v) is 7.53. The first-order chi connectivity index (χ1) is 14.9. The molecular formula is C25H21F4NO2. The zero-order valence-corrected chi connectivity index (χ0v) is 17.7. The lowest BCUT2D eigenvalue weighted by Gasteiger charge is -2.25. The van der Waals surface area contributed by atoms with Crippen LogP contribution in [-0.4, -0.2) is 15.9 Å². The van der Waals surface area contributed by atoms with E-state index in [4.69, 9.17) is 0 Å². The Morgan fingerprint density at radius 3 is 2.38 bits per heavy atom. The standard InChI is InChI=1S/C25H21F4NO2/c1-14-6-5-9-30(16(14)3)24(32)23(17(4)31)19-11-18(12-21(26)13-19)22-8-7-20(10-15(22)2)25(27,28)29/h5-13,31H,3H2,1-2,4H3/b23-17+. The van der Waals surface area contributed by atoms with Crippen LogP contribution in [0.4, 0.5) is 17.6 Å². The van der Waals surface area contributed by atoms with Crippen LogP contribution in [-0.2, 0) is 11.0 Å². The number of carbonyl (C=O) groups excluding carboxylic acids is 1. The minimum absolute atomic E-state index is 0.0951. The monoisotopic (exact) mass is 443 g/mol. The van der Waals surface area contributed by atoms with E-state index in [9.17, 15) is 27.5 Å². The highest BCUT2D eigenvalue weighted by atomic mass is 19.4. The molecule has 0 aromatic heterocycles. The van der Waals surface area contributed by atoms with Crippen LogP contribution in [0.5, 0.6) is 0 Å². The van der Waals surface area contributed by atoms with Gasteiger partial charge in [-0.05, 0) is 85.0 Å². The van der Waals surface area contributed by atoms with E-state index in [1.165, 1.54) is 43.1 Å². The van der Waals surface area contributed by atoms with Gasteiger partial charge in [0.15, 0.2) is 0 Å². The maximum absolute atomic E-state index is 14.5. The topological polar surface area (TPSA) is 40.5 Å². The predicted octanol–water partition coefficient (Wildman–Crippen LogP) is 6.92. The summed E-state index contributed by atoms with van der Waals surface area (Å²) in [6.45, 7) is 8.44. The normalized spacial score (nSPS) is 14.9. The molecule has 0 saturated heterocycles. The van der Waals surface area contributed by atoms with E-state index in [-0.39, 0.29) is 22.5 Å². The summed E-state index contributed by atoms with van der Waals surface area (Å²) in [6.07, 6.45) is 0.411. The highest BCUT2D eigenvalue weighted by Crippen LogP contribution is 2.35. The number of rotatable bonds is 3. The number of alkyl halides is 3. The van der Waals surface area contributed by atoms with Gasteiger partial charge in [-0.15, -0.1) is 0 Å². The van der Waals surface area contributed by atoms with Gasteiger partial charge in [0.25, 0.3) is 5.91 Å². The molecule has 0 saturated carbocycles. The van der Waals surface area contributed by atoms with Crippen molar-refractivity contribution in [1.29, 1.82) is 0 Å². The number of hydrogen-bond acceptors (Lipinski definition) is 2. The van der Waals surface area contributed by atoms with Gasteiger partial charge >= 0.3 is 6.18 Å². The fourth-order valence-corrected chi connectivity index (χ4v) is 3.50. The van der Waals surface area contributed by atoms with Gasteiger partial charge in [-0.25, -0.2) is 4.39 Å². The van der Waals surface area contributed by atoms with Crippen LogP contribution in [0.2, 0.25) is 0 Å². The first kappa shape index (κ1) is 23.1. The number of nitrogens with zero attached hydrogens (tertiary/aromatic N) is 1. The fourth-order valence-electron chi connectivity index (χ4n) is 3.50. The molecule has 1 heterocycles. The van der Waals surface area contributed by atoms with Gasteiger partial charge < -0.3 is 5.11 Å². The zero-order valence-electron chi connectivity index (χ0n) is 17.7. The number of benzene rings is 2. The minimum Gasteiger partial charge on any atom is -0.512 e. The van der Waals surface area contributed by atoms with Gasteiger partial charge in [0, 0.05) is 11.9 Å². The Kier molecular flexibility index (Phi) is 6.12. The van der Waals surface area contributed by atoms with Crippen LogP contribution < -0.4 is 0 Å². The molecule has 1 aliphatic rings. The average Bonchev–Trinajstić information content (AvgIpc) is 2.68. The third-order valence-electron chi connectivity index (χ3n) is 5.17. The molecule has 0 aliphatic carbocycles. The van der Waals surface area contributed by atoms with Gasteiger partial charge in [-0.1, -0.05) is 18.7 Å². The SMILES string of the molecule is C=C1C(C)=CC=CN1C(=O)/C(=C(\C)O)c1cc(F)cc(-c2ccc(C(F)(F)F)cc2C)c1. The van der Waals surface area contributed by atoms with Gasteiger partial charge in [-0.3, -0.25) is 9.69 Å². The van der Waals surface area contributed by atoms with Gasteiger partial charge in [0.05, 0.1) is 11.1 Å². The van der Waals surface area contributed by atoms with Crippen molar-refractivity contribution in [1.82, 2.24) is 4.90 Å². The first-order valence-electron chi connectivity index (χ1n) is 9.67. The molecule has 1 N–H and O–H groups in total. The van der Waals surface area contributed by atoms with Crippen LogP contribution in [0.1, 0.15) is 30.5 Å². The second kappa shape index (κ2) is 8.49. The molecule has 1 aliphatic heterocycles. The van der Waals surface area contributed by atoms with E-state index >= 15 is 0 Å². The molecule has 0 atom stereocenters. The van der Waals surface area contributed by atoms with E-state index in [0.717, 1.165) is 23.8 Å². The van der Waals surface area contributed by atoms with E-state index in [0.29, 0.717) is 16.8 Å². The number of allylic oxidation sites excluding steroid dienone is 4. The first-order valence-corrected chi connectivity index (χ1v) is 9.67. The Morgan fingerprint density at radius 1 is 1.09 bits per heavy atom. The number of aryl methyl sites for hydroxylation is 1. The summed E-state index contributed by atoms with van der Waals surface area (Å²) in [4.78, 5) is 14.4. The molecule has 2 aromatic rings. The average molecular weight is 443 g/mol. The Labute approximate surface area is 183 Å². The lowest BCUT2D eigenvalue weighted by Crippen LogP contribution is -2.28. The van der Waals surface area contributed by atoms with Crippen LogP contribution in [0, 0.1) is 12.7 Å². The van der Waals surface area contributed by atoms with Crippen molar-refractivity contribution < 1.29 is 27.5 Å². The van der Waals surface area contributed by atoms with Crippen molar-refractivity contribution in [3.8, 4) is 11.1 Å². The Morgan fingerprint density at radius 2 is 1.78 bits per heavy atom. The van der Waals surface area contributed by atoms with Crippen molar-refractivity contribution in [3.05, 3.63) is 101 Å². The van der Waals surface area contributed by atoms with Gasteiger partial charge in [-0.2, -0.15) is 13.2 Å². The summed E-state index contributed by atoms with van der Waals surface area (Å²) in [5.74, 6) is -1.64. The lowest BCUT2D eigenvalue weighted by molar-refractivity contribution is -0.137. The number of halogens is 4. The Hall–Kier alpha value is -3.61. The Bertz CT molecular complexity index is 1200. The summed E-state index contributed by atoms with van der Waals surface area (Å²) >= 11 is 0. The van der Waals surface area contributed by atoms with Crippen LogP contribution in [0.15, 0.2) is 78.4 Å². The molecule has 166 valence electrons. The molecule has 3 nitrogen and oxygen atoms in total. The maximum Gasteiger partial charge on any atom is 0.416 e. The molecule has 1 amide bonds. The summed E-state index contributed by atoms with van der Waals surface area (Å²) in [7, 11) is 0. The zero-order chi connectivity index (χ0) is 23.8. The molecule has 2 aromatic carbocycles. The number of aliphatic hydroxyl groups excluding tert-OH is 1. The number of amides is 1. The fraction of sp³-hybridized carbons (Fsp3) is 0.160. The summed E-state index contributed by atoms with van der Waals surface area (Å²) in [5, 5.41) is 10.3. The van der Waals surface area contributed by atoms with Gasteiger partial charge in [0.1, 0.15) is 11.6 Å². The van der Waals surface area contributed by atoms with Crippen molar-refractivity contribution >= 4 is 11.5 Å². The molecule has 32 heavy (non-hydrogen) atoms. The molecule has 0 unspecified atom stereocenters. The van der Waals surface area contributed by atoms with E-state index in [2.05, 4.69) is 6.58 Å². The third-order valence-corrected chi connectivity index (χ3v) is 5.17. The van der Waals surface area contributed by atoms with Crippen LogP contribution in [0.3, 0.4) is 0 Å². The van der Waals surface area contributed by atoms with Crippen molar-refractivity contribution in [2.75, 3.05) is 0 Å². The molecular weight excluding hydrogens is 422 g/mol. The van der Waals surface area contributed by atoms with E-state index in [1.54, 1.807) is 19.1 Å². The highest BCUT2D eigenvalue weighted by Gasteiger charge is 2.31. The van der Waals surface area contributed by atoms with Crippen molar-refractivity contribution in [2.45, 2.75) is 26.9 Å². The Balaban J connectivity index is 2.08. The number of aliphatic hydroxyl groups is 1. The smallest absolute Gasteiger partial charge is 0.416 e. The van der Waals surface area contributed by atoms with Crippen molar-refractivity contribution in [2.24, 2.45) is 0 Å². The van der Waals surface area contributed by atoms with E-state index < -0.39 is 23.5 Å². The summed E-state index contributed by atoms with van der Waals surface area (Å²) in [5.41, 5.74) is 1.25. The minimum atomic E-state index is -4.50. The molecule has 0 bridgehead atoms. The van der Waals surface area contributed by atoms with Crippen molar-refractivity contribution in [3.63, 3.8) is 0 Å². The largest absolute Gasteiger partial charge is 0.512 e. The predicted molar refractivity (Wildman–Crippen MR) is 116 cm³/mol. The maximum atomic E-state index is 14.5. The summed E-state index contributed by atoms with van der Waals surface area (Å²) in [6, 6.07) is 6.89. The number of hydrogen-bond donors (Lipinski definition) is 1. The van der Waals surface area contributed by atoms with Gasteiger partial charge in [0.2, 0.25) is 0 Å². The molecule has 3 rings (SSSR count). The molecule has 7 heteroatoms. The summed E-state index contributed by atoms with van der Waals surface area (Å²) < 4.78 is 53.5. The molecule has 0 radical (unpaired) electrons. The van der Waals surface area contributed by atoms with E-state index in [1.807, 2.05) is 0 Å². The highest BCUT2D eigenvalue weighted by molar-refractivity contribution is 6.21.